The van der Waals surface area contributed by atoms with E-state index in [1.165, 1.54) is 0 Å². The van der Waals surface area contributed by atoms with E-state index in [9.17, 15) is 4.79 Å². The fourth-order valence-corrected chi connectivity index (χ4v) is 2.38. The number of hydrogen-bond donors (Lipinski definition) is 2. The molecular formula is C15H22N2O2. The summed E-state index contributed by atoms with van der Waals surface area (Å²) in [5, 5.41) is 6.12. The molecule has 0 bridgehead atoms. The summed E-state index contributed by atoms with van der Waals surface area (Å²) in [6, 6.07) is 6.10. The molecule has 0 spiro atoms. The fourth-order valence-electron chi connectivity index (χ4n) is 2.38. The average molecular weight is 262 g/mol. The lowest BCUT2D eigenvalue weighted by atomic mass is 9.89. The van der Waals surface area contributed by atoms with Gasteiger partial charge in [-0.1, -0.05) is 11.6 Å². The standard InChI is InChI=1S/C15H22N2O2/c1-4-19-12-8-11(9-12)17-15(18)13-7-10(2)5-6-14(13)16-3/h5-7,11-12,16H,4,8-9H2,1-3H3,(H,17,18). The van der Waals surface area contributed by atoms with Crippen molar-refractivity contribution in [1.29, 1.82) is 0 Å². The van der Waals surface area contributed by atoms with Crippen LogP contribution in [0, 0.1) is 6.92 Å². The summed E-state index contributed by atoms with van der Waals surface area (Å²) in [5.74, 6) is -0.00648. The van der Waals surface area contributed by atoms with Gasteiger partial charge in [-0.15, -0.1) is 0 Å². The van der Waals surface area contributed by atoms with Crippen LogP contribution in [0.25, 0.3) is 0 Å². The van der Waals surface area contributed by atoms with Gasteiger partial charge >= 0.3 is 0 Å². The predicted octanol–water partition coefficient (Wildman–Crippen LogP) is 2.33. The third kappa shape index (κ3) is 3.26. The van der Waals surface area contributed by atoms with Crippen LogP contribution in [0.15, 0.2) is 18.2 Å². The second-order valence-corrected chi connectivity index (χ2v) is 5.02. The number of benzene rings is 1. The number of amides is 1. The molecule has 0 heterocycles. The molecule has 4 heteroatoms. The summed E-state index contributed by atoms with van der Waals surface area (Å²) in [7, 11) is 1.83. The lowest BCUT2D eigenvalue weighted by molar-refractivity contribution is -0.00861. The summed E-state index contributed by atoms with van der Waals surface area (Å²) in [6.07, 6.45) is 2.15. The van der Waals surface area contributed by atoms with Gasteiger partial charge in [0, 0.05) is 25.4 Å². The van der Waals surface area contributed by atoms with Gasteiger partial charge in [0.15, 0.2) is 0 Å². The number of ether oxygens (including phenoxy) is 1. The van der Waals surface area contributed by atoms with E-state index >= 15 is 0 Å². The van der Waals surface area contributed by atoms with Crippen LogP contribution < -0.4 is 10.6 Å². The van der Waals surface area contributed by atoms with Crippen molar-refractivity contribution in [3.63, 3.8) is 0 Å². The first kappa shape index (κ1) is 13.9. The molecule has 4 nitrogen and oxygen atoms in total. The summed E-state index contributed by atoms with van der Waals surface area (Å²) < 4.78 is 5.50. The van der Waals surface area contributed by atoms with Crippen LogP contribution in [0.3, 0.4) is 0 Å². The first-order valence-corrected chi connectivity index (χ1v) is 6.85. The summed E-state index contributed by atoms with van der Waals surface area (Å²) in [5.41, 5.74) is 2.66. The van der Waals surface area contributed by atoms with E-state index in [0.29, 0.717) is 11.7 Å². The van der Waals surface area contributed by atoms with Crippen LogP contribution in [-0.4, -0.2) is 31.7 Å². The Kier molecular flexibility index (Phi) is 4.43. The van der Waals surface area contributed by atoms with Crippen LogP contribution in [0.4, 0.5) is 5.69 Å². The van der Waals surface area contributed by atoms with Gasteiger partial charge in [-0.25, -0.2) is 0 Å². The first-order valence-electron chi connectivity index (χ1n) is 6.85. The normalized spacial score (nSPS) is 21.6. The third-order valence-corrected chi connectivity index (χ3v) is 3.52. The fraction of sp³-hybridized carbons (Fsp3) is 0.533. The van der Waals surface area contributed by atoms with Crippen molar-refractivity contribution < 1.29 is 9.53 Å². The van der Waals surface area contributed by atoms with Crippen LogP contribution in [0.2, 0.25) is 0 Å². The van der Waals surface area contributed by atoms with Crippen LogP contribution in [-0.2, 0) is 4.74 Å². The number of hydrogen-bond acceptors (Lipinski definition) is 3. The van der Waals surface area contributed by atoms with E-state index < -0.39 is 0 Å². The largest absolute Gasteiger partial charge is 0.387 e. The van der Waals surface area contributed by atoms with E-state index in [2.05, 4.69) is 10.6 Å². The molecule has 104 valence electrons. The van der Waals surface area contributed by atoms with E-state index in [4.69, 9.17) is 4.74 Å². The SMILES string of the molecule is CCOC1CC(NC(=O)c2cc(C)ccc2NC)C1. The Hall–Kier alpha value is -1.55. The van der Waals surface area contributed by atoms with Crippen LogP contribution in [0.5, 0.6) is 0 Å². The highest BCUT2D eigenvalue weighted by Gasteiger charge is 2.31. The lowest BCUT2D eigenvalue weighted by Gasteiger charge is -2.35. The van der Waals surface area contributed by atoms with E-state index in [1.54, 1.807) is 0 Å². The van der Waals surface area contributed by atoms with E-state index in [0.717, 1.165) is 30.7 Å². The molecule has 1 fully saturated rings. The topological polar surface area (TPSA) is 50.4 Å². The van der Waals surface area contributed by atoms with Crippen LogP contribution in [0.1, 0.15) is 35.7 Å². The third-order valence-electron chi connectivity index (χ3n) is 3.52. The zero-order chi connectivity index (χ0) is 13.8. The molecule has 0 atom stereocenters. The molecule has 0 radical (unpaired) electrons. The molecule has 1 aliphatic rings. The van der Waals surface area contributed by atoms with Crippen molar-refractivity contribution >= 4 is 11.6 Å². The number of rotatable bonds is 5. The molecule has 2 N–H and O–H groups in total. The maximum Gasteiger partial charge on any atom is 0.253 e. The predicted molar refractivity (Wildman–Crippen MR) is 76.6 cm³/mol. The van der Waals surface area contributed by atoms with Gasteiger partial charge in [-0.2, -0.15) is 0 Å². The number of carbonyl (C=O) groups is 1. The Labute approximate surface area is 114 Å². The molecular weight excluding hydrogens is 240 g/mol. The van der Waals surface area contributed by atoms with E-state index in [-0.39, 0.29) is 11.9 Å². The Balaban J connectivity index is 1.95. The molecule has 0 saturated heterocycles. The maximum atomic E-state index is 12.3. The van der Waals surface area contributed by atoms with Gasteiger partial charge in [0.25, 0.3) is 5.91 Å². The highest BCUT2D eigenvalue weighted by atomic mass is 16.5. The second kappa shape index (κ2) is 6.06. The average Bonchev–Trinajstić information content (AvgIpc) is 2.36. The molecule has 2 rings (SSSR count). The summed E-state index contributed by atoms with van der Waals surface area (Å²) in [6.45, 7) is 4.73. The minimum atomic E-state index is -0.00648. The molecule has 1 saturated carbocycles. The van der Waals surface area contributed by atoms with Crippen LogP contribution >= 0.6 is 0 Å². The molecule has 1 aliphatic carbocycles. The van der Waals surface area contributed by atoms with Crippen molar-refractivity contribution in [2.75, 3.05) is 19.0 Å². The molecule has 19 heavy (non-hydrogen) atoms. The minimum Gasteiger partial charge on any atom is -0.387 e. The highest BCUT2D eigenvalue weighted by Crippen LogP contribution is 2.24. The number of nitrogens with one attached hydrogen (secondary N) is 2. The highest BCUT2D eigenvalue weighted by molar-refractivity contribution is 6.00. The summed E-state index contributed by atoms with van der Waals surface area (Å²) >= 11 is 0. The Morgan fingerprint density at radius 3 is 2.79 bits per heavy atom. The summed E-state index contributed by atoms with van der Waals surface area (Å²) in [4.78, 5) is 12.3. The molecule has 1 amide bonds. The van der Waals surface area contributed by atoms with Gasteiger partial charge < -0.3 is 15.4 Å². The number of aryl methyl sites for hydroxylation is 1. The van der Waals surface area contributed by atoms with Gasteiger partial charge in [-0.05, 0) is 38.8 Å². The molecule has 1 aromatic carbocycles. The quantitative estimate of drug-likeness (QED) is 0.856. The van der Waals surface area contributed by atoms with Crippen molar-refractivity contribution in [3.05, 3.63) is 29.3 Å². The lowest BCUT2D eigenvalue weighted by Crippen LogP contribution is -2.47. The Morgan fingerprint density at radius 2 is 2.16 bits per heavy atom. The zero-order valence-electron chi connectivity index (χ0n) is 11.8. The number of anilines is 1. The molecule has 1 aromatic rings. The maximum absolute atomic E-state index is 12.3. The number of carbonyl (C=O) groups excluding carboxylic acids is 1. The smallest absolute Gasteiger partial charge is 0.253 e. The monoisotopic (exact) mass is 262 g/mol. The van der Waals surface area contributed by atoms with E-state index in [1.807, 2.05) is 39.1 Å². The zero-order valence-corrected chi connectivity index (χ0v) is 11.8. The second-order valence-electron chi connectivity index (χ2n) is 5.02. The van der Waals surface area contributed by atoms with Crippen molar-refractivity contribution in [2.45, 2.75) is 38.8 Å². The van der Waals surface area contributed by atoms with Gasteiger partial charge in [0.2, 0.25) is 0 Å². The Bertz CT molecular complexity index is 453. The minimum absolute atomic E-state index is 0.00648. The van der Waals surface area contributed by atoms with Gasteiger partial charge in [0.05, 0.1) is 11.7 Å². The molecule has 0 unspecified atom stereocenters. The molecule has 0 aromatic heterocycles. The van der Waals surface area contributed by atoms with Gasteiger partial charge in [0.1, 0.15) is 0 Å². The first-order chi connectivity index (χ1) is 9.13. The molecule has 0 aliphatic heterocycles. The van der Waals surface area contributed by atoms with Crippen molar-refractivity contribution in [2.24, 2.45) is 0 Å². The van der Waals surface area contributed by atoms with Crippen molar-refractivity contribution in [3.8, 4) is 0 Å². The van der Waals surface area contributed by atoms with Gasteiger partial charge in [-0.3, -0.25) is 4.79 Å². The van der Waals surface area contributed by atoms with Crippen molar-refractivity contribution in [1.82, 2.24) is 5.32 Å². The Morgan fingerprint density at radius 1 is 1.42 bits per heavy atom.